The summed E-state index contributed by atoms with van der Waals surface area (Å²) >= 11 is 0. The Balaban J connectivity index is 2.05. The second kappa shape index (κ2) is 9.32. The van der Waals surface area contributed by atoms with Gasteiger partial charge in [0.1, 0.15) is 0 Å². The minimum Gasteiger partial charge on any atom is -0.481 e. The highest BCUT2D eigenvalue weighted by Crippen LogP contribution is 2.21. The molecule has 150 valence electrons. The van der Waals surface area contributed by atoms with Crippen LogP contribution in [0.25, 0.3) is 0 Å². The van der Waals surface area contributed by atoms with Gasteiger partial charge in [-0.25, -0.2) is 13.1 Å². The van der Waals surface area contributed by atoms with E-state index in [1.165, 1.54) is 24.3 Å². The third-order valence-electron chi connectivity index (χ3n) is 4.70. The molecule has 7 nitrogen and oxygen atoms in total. The van der Waals surface area contributed by atoms with Gasteiger partial charge in [0.25, 0.3) is 5.91 Å². The van der Waals surface area contributed by atoms with Crippen molar-refractivity contribution < 1.29 is 23.1 Å². The molecule has 0 spiro atoms. The van der Waals surface area contributed by atoms with Gasteiger partial charge in [-0.3, -0.25) is 9.59 Å². The number of carboxylic acid groups (broad SMARTS) is 1. The molecular formula is C19H28N2O5S. The zero-order chi connectivity index (χ0) is 20.0. The summed E-state index contributed by atoms with van der Waals surface area (Å²) in [6.07, 6.45) is 4.13. The summed E-state index contributed by atoms with van der Waals surface area (Å²) in [5.74, 6) is -1.92. The first-order valence-electron chi connectivity index (χ1n) is 9.32. The van der Waals surface area contributed by atoms with Gasteiger partial charge in [0.2, 0.25) is 10.0 Å². The maximum absolute atomic E-state index is 12.5. The molecule has 2 rings (SSSR count). The van der Waals surface area contributed by atoms with Gasteiger partial charge in [-0.2, -0.15) is 0 Å². The van der Waals surface area contributed by atoms with Crippen LogP contribution in [-0.2, 0) is 14.8 Å². The number of rotatable bonds is 9. The van der Waals surface area contributed by atoms with Gasteiger partial charge in [-0.05, 0) is 43.4 Å². The van der Waals surface area contributed by atoms with Gasteiger partial charge in [0, 0.05) is 18.2 Å². The van der Waals surface area contributed by atoms with Gasteiger partial charge in [0.05, 0.1) is 10.8 Å². The number of carboxylic acids is 1. The van der Waals surface area contributed by atoms with Crippen molar-refractivity contribution in [3.05, 3.63) is 29.8 Å². The fourth-order valence-electron chi connectivity index (χ4n) is 3.29. The van der Waals surface area contributed by atoms with Crippen molar-refractivity contribution in [1.82, 2.24) is 10.0 Å². The number of aliphatic carboxylic acids is 1. The van der Waals surface area contributed by atoms with E-state index in [9.17, 15) is 23.1 Å². The fraction of sp³-hybridized carbons (Fsp3) is 0.579. The Kier molecular flexibility index (Phi) is 7.38. The molecule has 1 amide bonds. The lowest BCUT2D eigenvalue weighted by atomic mass is 9.97. The zero-order valence-electron chi connectivity index (χ0n) is 15.8. The standard InChI is InChI=1S/C19H28N2O5S/c1-13(2)10-15(19(23)24)12-20-18(22)14-6-5-9-17(11-14)27(25,26)21-16-7-3-4-8-16/h5-6,9,11,13,15-16,21H,3-4,7-8,10,12H2,1-2H3,(H,20,22)(H,23,24). The Hall–Kier alpha value is -1.93. The first-order chi connectivity index (χ1) is 12.7. The topological polar surface area (TPSA) is 113 Å². The Morgan fingerprint density at radius 1 is 1.22 bits per heavy atom. The maximum Gasteiger partial charge on any atom is 0.308 e. The van der Waals surface area contributed by atoms with Crippen LogP contribution in [0.5, 0.6) is 0 Å². The lowest BCUT2D eigenvalue weighted by Gasteiger charge is -2.16. The SMILES string of the molecule is CC(C)CC(CNC(=O)c1cccc(S(=O)(=O)NC2CCCC2)c1)C(=O)O. The molecule has 0 saturated heterocycles. The van der Waals surface area contributed by atoms with Crippen molar-refractivity contribution >= 4 is 21.9 Å². The van der Waals surface area contributed by atoms with Crippen LogP contribution in [0.2, 0.25) is 0 Å². The van der Waals surface area contributed by atoms with Gasteiger partial charge in [0.15, 0.2) is 0 Å². The number of amides is 1. The van der Waals surface area contributed by atoms with Crippen LogP contribution in [0, 0.1) is 11.8 Å². The van der Waals surface area contributed by atoms with Crippen molar-refractivity contribution in [1.29, 1.82) is 0 Å². The largest absolute Gasteiger partial charge is 0.481 e. The van der Waals surface area contributed by atoms with Crippen LogP contribution < -0.4 is 10.0 Å². The highest BCUT2D eigenvalue weighted by atomic mass is 32.2. The molecule has 27 heavy (non-hydrogen) atoms. The number of hydrogen-bond donors (Lipinski definition) is 3. The zero-order valence-corrected chi connectivity index (χ0v) is 16.6. The fourth-order valence-corrected chi connectivity index (χ4v) is 4.64. The lowest BCUT2D eigenvalue weighted by molar-refractivity contribution is -0.142. The van der Waals surface area contributed by atoms with E-state index in [1.54, 1.807) is 0 Å². The van der Waals surface area contributed by atoms with E-state index in [-0.39, 0.29) is 29.0 Å². The average Bonchev–Trinajstić information content (AvgIpc) is 3.10. The summed E-state index contributed by atoms with van der Waals surface area (Å²) in [6.45, 7) is 3.84. The van der Waals surface area contributed by atoms with Crippen LogP contribution in [0.1, 0.15) is 56.3 Å². The summed E-state index contributed by atoms with van der Waals surface area (Å²) in [5.41, 5.74) is 0.193. The first-order valence-corrected chi connectivity index (χ1v) is 10.8. The summed E-state index contributed by atoms with van der Waals surface area (Å²) in [4.78, 5) is 23.7. The highest BCUT2D eigenvalue weighted by molar-refractivity contribution is 7.89. The molecule has 0 radical (unpaired) electrons. The van der Waals surface area contributed by atoms with E-state index in [2.05, 4.69) is 10.0 Å². The van der Waals surface area contributed by atoms with E-state index in [0.29, 0.717) is 6.42 Å². The van der Waals surface area contributed by atoms with Gasteiger partial charge < -0.3 is 10.4 Å². The maximum atomic E-state index is 12.5. The van der Waals surface area contributed by atoms with Crippen molar-refractivity contribution in [2.45, 2.75) is 56.9 Å². The van der Waals surface area contributed by atoms with E-state index in [4.69, 9.17) is 0 Å². The van der Waals surface area contributed by atoms with Crippen molar-refractivity contribution in [2.75, 3.05) is 6.54 Å². The van der Waals surface area contributed by atoms with Crippen molar-refractivity contribution in [3.8, 4) is 0 Å². The van der Waals surface area contributed by atoms with Gasteiger partial charge >= 0.3 is 5.97 Å². The molecule has 1 aliphatic carbocycles. The quantitative estimate of drug-likeness (QED) is 0.593. The van der Waals surface area contributed by atoms with E-state index >= 15 is 0 Å². The second-order valence-electron chi connectivity index (χ2n) is 7.51. The molecule has 1 aliphatic rings. The molecule has 1 aromatic carbocycles. The van der Waals surface area contributed by atoms with E-state index in [0.717, 1.165) is 25.7 Å². The van der Waals surface area contributed by atoms with Crippen LogP contribution >= 0.6 is 0 Å². The lowest BCUT2D eigenvalue weighted by Crippen LogP contribution is -2.34. The number of carbonyl (C=O) groups excluding carboxylic acids is 1. The number of benzene rings is 1. The summed E-state index contributed by atoms with van der Waals surface area (Å²) in [5, 5.41) is 11.9. The number of nitrogens with one attached hydrogen (secondary N) is 2. The number of hydrogen-bond acceptors (Lipinski definition) is 4. The Labute approximate surface area is 160 Å². The van der Waals surface area contributed by atoms with Gasteiger partial charge in [-0.15, -0.1) is 0 Å². The molecule has 1 unspecified atom stereocenters. The van der Waals surface area contributed by atoms with E-state index < -0.39 is 27.8 Å². The molecule has 8 heteroatoms. The minimum atomic E-state index is -3.68. The monoisotopic (exact) mass is 396 g/mol. The Bertz CT molecular complexity index is 770. The third kappa shape index (κ3) is 6.32. The molecule has 1 aromatic rings. The first kappa shape index (κ1) is 21.4. The Morgan fingerprint density at radius 3 is 2.48 bits per heavy atom. The summed E-state index contributed by atoms with van der Waals surface area (Å²) in [7, 11) is -3.68. The number of carbonyl (C=O) groups is 2. The Morgan fingerprint density at radius 2 is 1.89 bits per heavy atom. The molecule has 1 fully saturated rings. The highest BCUT2D eigenvalue weighted by Gasteiger charge is 2.24. The van der Waals surface area contributed by atoms with Crippen LogP contribution in [0.15, 0.2) is 29.2 Å². The van der Waals surface area contributed by atoms with Crippen molar-refractivity contribution in [2.24, 2.45) is 11.8 Å². The van der Waals surface area contributed by atoms with Gasteiger partial charge in [-0.1, -0.05) is 32.8 Å². The molecule has 0 bridgehead atoms. The minimum absolute atomic E-state index is 0.00362. The predicted molar refractivity (Wildman–Crippen MR) is 102 cm³/mol. The molecule has 3 N–H and O–H groups in total. The molecule has 1 saturated carbocycles. The van der Waals surface area contributed by atoms with Crippen molar-refractivity contribution in [3.63, 3.8) is 0 Å². The van der Waals surface area contributed by atoms with Crippen LogP contribution in [-0.4, -0.2) is 38.0 Å². The molecular weight excluding hydrogens is 368 g/mol. The normalized spacial score (nSPS) is 16.4. The third-order valence-corrected chi connectivity index (χ3v) is 6.22. The molecule has 0 heterocycles. The predicted octanol–water partition coefficient (Wildman–Crippen LogP) is 2.38. The number of sulfonamides is 1. The van der Waals surface area contributed by atoms with E-state index in [1.807, 2.05) is 13.8 Å². The molecule has 0 aromatic heterocycles. The smallest absolute Gasteiger partial charge is 0.308 e. The van der Waals surface area contributed by atoms with Crippen LogP contribution in [0.4, 0.5) is 0 Å². The molecule has 0 aliphatic heterocycles. The second-order valence-corrected chi connectivity index (χ2v) is 9.22. The molecule has 1 atom stereocenters. The average molecular weight is 397 g/mol. The van der Waals surface area contributed by atoms with Crippen LogP contribution in [0.3, 0.4) is 0 Å². The summed E-state index contributed by atoms with van der Waals surface area (Å²) in [6, 6.07) is 5.75. The summed E-state index contributed by atoms with van der Waals surface area (Å²) < 4.78 is 27.7.